The molecule has 0 unspecified atom stereocenters. The number of hydrogen-bond donors (Lipinski definition) is 4. The van der Waals surface area contributed by atoms with Crippen LogP contribution in [0, 0.1) is 0 Å². The molecule has 2 aromatic rings. The smallest absolute Gasteiger partial charge is 0.423 e. The van der Waals surface area contributed by atoms with Gasteiger partial charge >= 0.3 is 7.12 Å². The SMILES string of the molecule is O=C(Nc1n[nH]c(C2CCCC2)n1)c1cccc(B(O)O)c1. The van der Waals surface area contributed by atoms with Gasteiger partial charge in [0.05, 0.1) is 0 Å². The molecule has 0 spiro atoms. The van der Waals surface area contributed by atoms with Crippen molar-refractivity contribution in [3.8, 4) is 0 Å². The number of rotatable bonds is 4. The molecule has 1 heterocycles. The van der Waals surface area contributed by atoms with Crippen molar-refractivity contribution >= 4 is 24.4 Å². The molecule has 0 aliphatic heterocycles. The third-order valence-electron chi connectivity index (χ3n) is 3.92. The topological polar surface area (TPSA) is 111 Å². The Kier molecular flexibility index (Phi) is 4.21. The van der Waals surface area contributed by atoms with Crippen LogP contribution in [0.25, 0.3) is 0 Å². The average Bonchev–Trinajstić information content (AvgIpc) is 3.18. The lowest BCUT2D eigenvalue weighted by molar-refractivity contribution is 0.102. The molecule has 1 aromatic carbocycles. The van der Waals surface area contributed by atoms with E-state index in [9.17, 15) is 4.79 Å². The molecule has 0 bridgehead atoms. The van der Waals surface area contributed by atoms with Gasteiger partial charge in [0.25, 0.3) is 5.91 Å². The minimum atomic E-state index is -1.61. The summed E-state index contributed by atoms with van der Waals surface area (Å²) in [4.78, 5) is 16.5. The van der Waals surface area contributed by atoms with Crippen LogP contribution in [0.1, 0.15) is 47.8 Å². The number of hydrogen-bond acceptors (Lipinski definition) is 5. The predicted octanol–water partition coefficient (Wildman–Crippen LogP) is 0.394. The zero-order valence-corrected chi connectivity index (χ0v) is 12.0. The van der Waals surface area contributed by atoms with Crippen LogP contribution in [0.3, 0.4) is 0 Å². The third kappa shape index (κ3) is 3.18. The van der Waals surface area contributed by atoms with Crippen LogP contribution in [-0.4, -0.2) is 38.3 Å². The maximum atomic E-state index is 12.2. The molecule has 1 aliphatic carbocycles. The largest absolute Gasteiger partial charge is 0.488 e. The third-order valence-corrected chi connectivity index (χ3v) is 3.92. The van der Waals surface area contributed by atoms with Crippen LogP contribution in [-0.2, 0) is 0 Å². The van der Waals surface area contributed by atoms with Crippen molar-refractivity contribution in [3.63, 3.8) is 0 Å². The van der Waals surface area contributed by atoms with Gasteiger partial charge in [-0.15, -0.1) is 5.10 Å². The van der Waals surface area contributed by atoms with E-state index in [1.54, 1.807) is 12.1 Å². The molecule has 1 saturated carbocycles. The molecule has 1 amide bonds. The normalized spacial score (nSPS) is 15.0. The van der Waals surface area contributed by atoms with E-state index in [2.05, 4.69) is 20.5 Å². The van der Waals surface area contributed by atoms with Crippen molar-refractivity contribution in [1.82, 2.24) is 15.2 Å². The lowest BCUT2D eigenvalue weighted by Crippen LogP contribution is -2.30. The fourth-order valence-corrected chi connectivity index (χ4v) is 2.73. The highest BCUT2D eigenvalue weighted by atomic mass is 16.4. The molecule has 0 saturated heterocycles. The van der Waals surface area contributed by atoms with Crippen molar-refractivity contribution in [2.24, 2.45) is 0 Å². The van der Waals surface area contributed by atoms with Gasteiger partial charge in [-0.05, 0) is 30.4 Å². The van der Waals surface area contributed by atoms with Crippen LogP contribution in [0.2, 0.25) is 0 Å². The molecule has 1 aliphatic rings. The van der Waals surface area contributed by atoms with Crippen molar-refractivity contribution in [2.75, 3.05) is 5.32 Å². The molecule has 0 radical (unpaired) electrons. The molecule has 3 rings (SSSR count). The number of H-pyrrole nitrogens is 1. The Morgan fingerprint density at radius 2 is 2.09 bits per heavy atom. The number of benzene rings is 1. The lowest BCUT2D eigenvalue weighted by atomic mass is 9.79. The standard InChI is InChI=1S/C14H17BN4O3/c20-13(10-6-3-7-11(8-10)15(21)22)17-14-16-12(18-19-14)9-4-1-2-5-9/h3,6-9,21-22H,1-2,4-5H2,(H2,16,17,18,19,20). The summed E-state index contributed by atoms with van der Waals surface area (Å²) in [6, 6.07) is 6.13. The summed E-state index contributed by atoms with van der Waals surface area (Å²) in [7, 11) is -1.61. The molecular formula is C14H17BN4O3. The first-order chi connectivity index (χ1) is 10.6. The van der Waals surface area contributed by atoms with E-state index in [1.165, 1.54) is 25.0 Å². The average molecular weight is 300 g/mol. The molecule has 4 N–H and O–H groups in total. The number of aromatic amines is 1. The Morgan fingerprint density at radius 1 is 1.32 bits per heavy atom. The molecule has 114 valence electrons. The number of nitrogens with one attached hydrogen (secondary N) is 2. The number of nitrogens with zero attached hydrogens (tertiary/aromatic N) is 2. The van der Waals surface area contributed by atoms with Crippen molar-refractivity contribution in [1.29, 1.82) is 0 Å². The van der Waals surface area contributed by atoms with Gasteiger partial charge in [-0.3, -0.25) is 15.2 Å². The fourth-order valence-electron chi connectivity index (χ4n) is 2.73. The molecule has 1 aromatic heterocycles. The molecular weight excluding hydrogens is 283 g/mol. The van der Waals surface area contributed by atoms with Gasteiger partial charge in [-0.2, -0.15) is 4.98 Å². The second kappa shape index (κ2) is 6.29. The van der Waals surface area contributed by atoms with Crippen LogP contribution in [0.15, 0.2) is 24.3 Å². The maximum absolute atomic E-state index is 12.2. The van der Waals surface area contributed by atoms with Crippen LogP contribution < -0.4 is 10.8 Å². The Morgan fingerprint density at radius 3 is 2.82 bits per heavy atom. The van der Waals surface area contributed by atoms with E-state index < -0.39 is 7.12 Å². The van der Waals surface area contributed by atoms with Gasteiger partial charge in [-0.1, -0.05) is 25.0 Å². The molecule has 0 atom stereocenters. The first kappa shape index (κ1) is 14.7. The molecule has 8 heteroatoms. The number of carbonyl (C=O) groups is 1. The van der Waals surface area contributed by atoms with Gasteiger partial charge in [0, 0.05) is 11.5 Å². The summed E-state index contributed by atoms with van der Waals surface area (Å²) < 4.78 is 0. The summed E-state index contributed by atoms with van der Waals surface area (Å²) in [6.07, 6.45) is 4.59. The number of anilines is 1. The first-order valence-electron chi connectivity index (χ1n) is 7.33. The van der Waals surface area contributed by atoms with Gasteiger partial charge in [0.2, 0.25) is 5.95 Å². The van der Waals surface area contributed by atoms with Gasteiger partial charge in [0.1, 0.15) is 5.82 Å². The minimum Gasteiger partial charge on any atom is -0.423 e. The van der Waals surface area contributed by atoms with Crippen molar-refractivity contribution in [2.45, 2.75) is 31.6 Å². The zero-order valence-electron chi connectivity index (χ0n) is 12.0. The lowest BCUT2D eigenvalue weighted by Gasteiger charge is -2.04. The zero-order chi connectivity index (χ0) is 15.5. The van der Waals surface area contributed by atoms with E-state index >= 15 is 0 Å². The minimum absolute atomic E-state index is 0.238. The van der Waals surface area contributed by atoms with Gasteiger partial charge in [0.15, 0.2) is 0 Å². The van der Waals surface area contributed by atoms with E-state index in [0.29, 0.717) is 11.5 Å². The van der Waals surface area contributed by atoms with Crippen molar-refractivity contribution in [3.05, 3.63) is 35.7 Å². The summed E-state index contributed by atoms with van der Waals surface area (Å²) in [5.41, 5.74) is 0.576. The Bertz CT molecular complexity index is 668. The summed E-state index contributed by atoms with van der Waals surface area (Å²) in [6.45, 7) is 0. The number of aromatic nitrogens is 3. The summed E-state index contributed by atoms with van der Waals surface area (Å²) >= 11 is 0. The Labute approximate surface area is 127 Å². The monoisotopic (exact) mass is 300 g/mol. The molecule has 1 fully saturated rings. The first-order valence-corrected chi connectivity index (χ1v) is 7.33. The van der Waals surface area contributed by atoms with E-state index in [0.717, 1.165) is 18.7 Å². The number of amides is 1. The van der Waals surface area contributed by atoms with E-state index in [4.69, 9.17) is 10.0 Å². The van der Waals surface area contributed by atoms with Crippen LogP contribution >= 0.6 is 0 Å². The van der Waals surface area contributed by atoms with Crippen LogP contribution in [0.5, 0.6) is 0 Å². The van der Waals surface area contributed by atoms with E-state index in [1.807, 2.05) is 0 Å². The highest BCUT2D eigenvalue weighted by Crippen LogP contribution is 2.32. The van der Waals surface area contributed by atoms with Crippen LogP contribution in [0.4, 0.5) is 5.95 Å². The van der Waals surface area contributed by atoms with Crippen molar-refractivity contribution < 1.29 is 14.8 Å². The Balaban J connectivity index is 1.70. The number of carbonyl (C=O) groups excluding carboxylic acids is 1. The molecule has 22 heavy (non-hydrogen) atoms. The Hall–Kier alpha value is -2.19. The van der Waals surface area contributed by atoms with Gasteiger partial charge in [-0.25, -0.2) is 0 Å². The highest BCUT2D eigenvalue weighted by molar-refractivity contribution is 6.58. The fraction of sp³-hybridized carbons (Fsp3) is 0.357. The maximum Gasteiger partial charge on any atom is 0.488 e. The second-order valence-electron chi connectivity index (χ2n) is 5.48. The van der Waals surface area contributed by atoms with E-state index in [-0.39, 0.29) is 17.3 Å². The highest BCUT2D eigenvalue weighted by Gasteiger charge is 2.21. The van der Waals surface area contributed by atoms with Gasteiger partial charge < -0.3 is 10.0 Å². The second-order valence-corrected chi connectivity index (χ2v) is 5.48. The summed E-state index contributed by atoms with van der Waals surface area (Å²) in [5, 5.41) is 27.8. The quantitative estimate of drug-likeness (QED) is 0.611. The molecule has 7 nitrogen and oxygen atoms in total. The predicted molar refractivity (Wildman–Crippen MR) is 81.8 cm³/mol. The summed E-state index contributed by atoms with van der Waals surface area (Å²) in [5.74, 6) is 1.06.